The Balaban J connectivity index is 1.36. The number of nitrogens with one attached hydrogen (secondary N) is 1. The molecule has 2 aromatic heterocycles. The van der Waals surface area contributed by atoms with Crippen molar-refractivity contribution in [2.75, 3.05) is 0 Å². The van der Waals surface area contributed by atoms with E-state index >= 15 is 0 Å². The molecule has 0 unspecified atom stereocenters. The second-order valence-corrected chi connectivity index (χ2v) is 6.58. The molecule has 1 aromatic carbocycles. The van der Waals surface area contributed by atoms with E-state index in [0.29, 0.717) is 16.8 Å². The average molecular weight is 365 g/mol. The number of hydrogen-bond acceptors (Lipinski definition) is 6. The van der Waals surface area contributed by atoms with Crippen molar-refractivity contribution in [1.82, 2.24) is 15.3 Å². The van der Waals surface area contributed by atoms with Crippen LogP contribution in [0, 0.1) is 0 Å². The maximum atomic E-state index is 12.5. The van der Waals surface area contributed by atoms with Gasteiger partial charge in [0.2, 0.25) is 5.88 Å². The minimum atomic E-state index is -0.365. The zero-order valence-electron chi connectivity index (χ0n) is 14.6. The summed E-state index contributed by atoms with van der Waals surface area (Å²) in [5.74, 6) is 0.190. The molecule has 1 fully saturated rings. The Labute approximate surface area is 155 Å². The smallest absolute Gasteiger partial charge is 0.287 e. The molecule has 1 saturated carbocycles. The molecule has 0 bridgehead atoms. The van der Waals surface area contributed by atoms with Crippen LogP contribution in [0.25, 0.3) is 11.0 Å². The van der Waals surface area contributed by atoms with Crippen LogP contribution in [0.5, 0.6) is 5.88 Å². The van der Waals surface area contributed by atoms with Gasteiger partial charge in [0.1, 0.15) is 11.7 Å². The van der Waals surface area contributed by atoms with Crippen molar-refractivity contribution >= 4 is 16.9 Å². The number of ether oxygens (including phenoxy) is 1. The van der Waals surface area contributed by atoms with Gasteiger partial charge in [0, 0.05) is 24.5 Å². The Hall–Kier alpha value is -3.22. The lowest BCUT2D eigenvalue weighted by Gasteiger charge is -2.28. The van der Waals surface area contributed by atoms with Gasteiger partial charge in [-0.15, -0.1) is 0 Å². The summed E-state index contributed by atoms with van der Waals surface area (Å²) in [7, 11) is 0. The molecule has 1 aliphatic rings. The fourth-order valence-corrected chi connectivity index (χ4v) is 3.31. The quantitative estimate of drug-likeness (QED) is 0.764. The zero-order valence-corrected chi connectivity index (χ0v) is 14.6. The van der Waals surface area contributed by atoms with Crippen molar-refractivity contribution in [3.63, 3.8) is 0 Å². The highest BCUT2D eigenvalue weighted by Crippen LogP contribution is 2.23. The molecule has 0 aliphatic heterocycles. The number of carbonyl (C=O) groups excluding carboxylic acids is 1. The van der Waals surface area contributed by atoms with Crippen molar-refractivity contribution in [3.8, 4) is 5.88 Å². The van der Waals surface area contributed by atoms with E-state index in [1.54, 1.807) is 42.9 Å². The van der Waals surface area contributed by atoms with Crippen LogP contribution in [-0.2, 0) is 0 Å². The minimum absolute atomic E-state index is 0.0241. The Morgan fingerprint density at radius 2 is 1.96 bits per heavy atom. The van der Waals surface area contributed by atoms with Crippen molar-refractivity contribution in [1.29, 1.82) is 0 Å². The van der Waals surface area contributed by atoms with Crippen LogP contribution < -0.4 is 15.5 Å². The van der Waals surface area contributed by atoms with Gasteiger partial charge in [-0.05, 0) is 37.8 Å². The third-order valence-corrected chi connectivity index (χ3v) is 4.69. The van der Waals surface area contributed by atoms with Gasteiger partial charge < -0.3 is 14.5 Å². The summed E-state index contributed by atoms with van der Waals surface area (Å²) in [6.45, 7) is 0. The highest BCUT2D eigenvalue weighted by Gasteiger charge is 2.25. The number of rotatable bonds is 4. The van der Waals surface area contributed by atoms with Crippen LogP contribution in [0.2, 0.25) is 0 Å². The summed E-state index contributed by atoms with van der Waals surface area (Å²) in [6.07, 6.45) is 8.04. The van der Waals surface area contributed by atoms with E-state index in [4.69, 9.17) is 9.15 Å². The van der Waals surface area contributed by atoms with Crippen LogP contribution in [0.1, 0.15) is 36.2 Å². The van der Waals surface area contributed by atoms with Gasteiger partial charge >= 0.3 is 0 Å². The van der Waals surface area contributed by atoms with Gasteiger partial charge in [0.05, 0.1) is 11.6 Å². The van der Waals surface area contributed by atoms with Gasteiger partial charge in [-0.3, -0.25) is 14.6 Å². The predicted octanol–water partition coefficient (Wildman–Crippen LogP) is 2.70. The molecule has 1 aliphatic carbocycles. The van der Waals surface area contributed by atoms with E-state index < -0.39 is 0 Å². The number of nitrogens with zero attached hydrogens (tertiary/aromatic N) is 2. The van der Waals surface area contributed by atoms with Gasteiger partial charge in [0.15, 0.2) is 11.2 Å². The first-order chi connectivity index (χ1) is 13.2. The van der Waals surface area contributed by atoms with Crippen LogP contribution in [0.15, 0.2) is 58.1 Å². The van der Waals surface area contributed by atoms with E-state index in [9.17, 15) is 9.59 Å². The molecule has 27 heavy (non-hydrogen) atoms. The number of benzene rings is 1. The normalized spacial score (nSPS) is 19.6. The lowest BCUT2D eigenvalue weighted by molar-refractivity contribution is 0.0864. The number of amides is 1. The fraction of sp³-hybridized carbons (Fsp3) is 0.300. The Bertz CT molecular complexity index is 995. The van der Waals surface area contributed by atoms with E-state index in [1.807, 2.05) is 0 Å². The van der Waals surface area contributed by atoms with Crippen LogP contribution in [0.3, 0.4) is 0 Å². The average Bonchev–Trinajstić information content (AvgIpc) is 2.70. The number of carbonyl (C=O) groups is 1. The van der Waals surface area contributed by atoms with Crippen LogP contribution in [0.4, 0.5) is 0 Å². The van der Waals surface area contributed by atoms with Crippen molar-refractivity contribution < 1.29 is 13.9 Å². The summed E-state index contributed by atoms with van der Waals surface area (Å²) in [5, 5.41) is 3.42. The first-order valence-electron chi connectivity index (χ1n) is 8.95. The van der Waals surface area contributed by atoms with E-state index in [-0.39, 0.29) is 29.2 Å². The highest BCUT2D eigenvalue weighted by atomic mass is 16.5. The monoisotopic (exact) mass is 365 g/mol. The molecule has 2 heterocycles. The first-order valence-corrected chi connectivity index (χ1v) is 8.95. The van der Waals surface area contributed by atoms with Crippen molar-refractivity contribution in [2.45, 2.75) is 37.8 Å². The summed E-state index contributed by atoms with van der Waals surface area (Å²) >= 11 is 0. The molecule has 1 amide bonds. The molecule has 1 N–H and O–H groups in total. The van der Waals surface area contributed by atoms with Crippen LogP contribution >= 0.6 is 0 Å². The molecule has 0 radical (unpaired) electrons. The molecule has 138 valence electrons. The van der Waals surface area contributed by atoms with Crippen LogP contribution in [-0.4, -0.2) is 28.0 Å². The molecular weight excluding hydrogens is 346 g/mol. The Kier molecular flexibility index (Phi) is 4.82. The zero-order chi connectivity index (χ0) is 18.6. The third kappa shape index (κ3) is 3.97. The topological polar surface area (TPSA) is 94.3 Å². The summed E-state index contributed by atoms with van der Waals surface area (Å²) in [6, 6.07) is 8.17. The number of aromatic nitrogens is 2. The highest BCUT2D eigenvalue weighted by molar-refractivity contribution is 5.93. The van der Waals surface area contributed by atoms with Gasteiger partial charge in [0.25, 0.3) is 5.91 Å². The standard InChI is InChI=1S/C20H19N3O4/c24-16-11-18(27-17-4-2-1-3-15(16)17)20(25)23-13-5-7-14(8-6-13)26-19-12-21-9-10-22-19/h1-4,9-14H,5-8H2,(H,23,25). The second-order valence-electron chi connectivity index (χ2n) is 6.58. The molecule has 7 heteroatoms. The molecule has 4 rings (SSSR count). The lowest BCUT2D eigenvalue weighted by atomic mass is 9.93. The number of hydrogen-bond donors (Lipinski definition) is 1. The minimum Gasteiger partial charge on any atom is -0.473 e. The molecule has 0 spiro atoms. The molecule has 0 atom stereocenters. The maximum Gasteiger partial charge on any atom is 0.287 e. The lowest BCUT2D eigenvalue weighted by Crippen LogP contribution is -2.40. The molecular formula is C20H19N3O4. The number of para-hydroxylation sites is 1. The predicted molar refractivity (Wildman–Crippen MR) is 98.7 cm³/mol. The van der Waals surface area contributed by atoms with E-state index in [0.717, 1.165) is 25.7 Å². The SMILES string of the molecule is O=C(NC1CCC(Oc2cnccn2)CC1)c1cc(=O)c2ccccc2o1. The third-order valence-electron chi connectivity index (χ3n) is 4.69. The molecule has 0 saturated heterocycles. The number of fused-ring (bicyclic) bond motifs is 1. The molecule has 7 nitrogen and oxygen atoms in total. The van der Waals surface area contributed by atoms with Gasteiger partial charge in [-0.2, -0.15) is 0 Å². The van der Waals surface area contributed by atoms with Gasteiger partial charge in [-0.25, -0.2) is 4.98 Å². The summed E-state index contributed by atoms with van der Waals surface area (Å²) in [4.78, 5) is 32.7. The second kappa shape index (κ2) is 7.57. The fourth-order valence-electron chi connectivity index (χ4n) is 3.31. The van der Waals surface area contributed by atoms with Gasteiger partial charge in [-0.1, -0.05) is 12.1 Å². The van der Waals surface area contributed by atoms with E-state index in [1.165, 1.54) is 6.07 Å². The molecule has 3 aromatic rings. The summed E-state index contributed by atoms with van der Waals surface area (Å²) < 4.78 is 11.4. The summed E-state index contributed by atoms with van der Waals surface area (Å²) in [5.41, 5.74) is 0.194. The Morgan fingerprint density at radius 3 is 2.74 bits per heavy atom. The first kappa shape index (κ1) is 17.2. The maximum absolute atomic E-state index is 12.5. The Morgan fingerprint density at radius 1 is 1.15 bits per heavy atom. The van der Waals surface area contributed by atoms with Crippen molar-refractivity contribution in [2.24, 2.45) is 0 Å². The van der Waals surface area contributed by atoms with Crippen molar-refractivity contribution in [3.05, 3.63) is 64.9 Å². The van der Waals surface area contributed by atoms with E-state index in [2.05, 4.69) is 15.3 Å². The largest absolute Gasteiger partial charge is 0.473 e.